The number of ether oxygens (including phenoxy) is 3. The molecule has 10 heteroatoms. The maximum absolute atomic E-state index is 11.7. The Morgan fingerprint density at radius 1 is 1.30 bits per heavy atom. The number of hydrogen-bond donors (Lipinski definition) is 2. The van der Waals surface area contributed by atoms with E-state index in [4.69, 9.17) is 19.3 Å². The minimum absolute atomic E-state index is 0.00962. The summed E-state index contributed by atoms with van der Waals surface area (Å²) in [5, 5.41) is 22.4. The molecular weight excluding hydrogens is 360 g/mol. The summed E-state index contributed by atoms with van der Waals surface area (Å²) in [5.74, 6) is -0.511. The minimum Gasteiger partial charge on any atom is -0.481 e. The van der Waals surface area contributed by atoms with Crippen molar-refractivity contribution in [2.75, 3.05) is 19.9 Å². The highest BCUT2D eigenvalue weighted by molar-refractivity contribution is 5.67. The van der Waals surface area contributed by atoms with E-state index in [2.05, 4.69) is 5.32 Å². The first-order valence-electron chi connectivity index (χ1n) is 8.59. The van der Waals surface area contributed by atoms with Crippen molar-refractivity contribution in [2.45, 2.75) is 38.5 Å². The van der Waals surface area contributed by atoms with Gasteiger partial charge in [-0.15, -0.1) is 0 Å². The van der Waals surface area contributed by atoms with E-state index < -0.39 is 22.9 Å². The smallest absolute Gasteiger partial charge is 0.407 e. The van der Waals surface area contributed by atoms with Crippen molar-refractivity contribution in [1.82, 2.24) is 5.32 Å². The third-order valence-corrected chi connectivity index (χ3v) is 4.05. The van der Waals surface area contributed by atoms with Gasteiger partial charge in [0.25, 0.3) is 5.69 Å². The number of unbranched alkanes of at least 4 members (excludes halogenated alkanes) is 2. The van der Waals surface area contributed by atoms with Gasteiger partial charge < -0.3 is 24.6 Å². The quantitative estimate of drug-likeness (QED) is 0.358. The standard InChI is InChI=1S/C17H22N2O8/c1-11(9-25-17(22)18-6-4-2-3-5-16(20)21)12-7-14-15(27-10-26-14)8-13(12)19(23)24/h7-8,11H,2-6,9-10H2,1H3,(H,18,22)(H,20,21). The topological polar surface area (TPSA) is 137 Å². The number of benzene rings is 1. The molecule has 0 aliphatic carbocycles. The normalized spacial score (nSPS) is 13.1. The summed E-state index contributed by atoms with van der Waals surface area (Å²) < 4.78 is 15.5. The van der Waals surface area contributed by atoms with Gasteiger partial charge in [0.2, 0.25) is 6.79 Å². The van der Waals surface area contributed by atoms with Gasteiger partial charge in [0.15, 0.2) is 11.5 Å². The Balaban J connectivity index is 1.80. The maximum atomic E-state index is 11.7. The average molecular weight is 382 g/mol. The Morgan fingerprint density at radius 2 is 2.00 bits per heavy atom. The molecule has 1 aliphatic heterocycles. The van der Waals surface area contributed by atoms with Crippen LogP contribution in [0.1, 0.15) is 44.1 Å². The number of nitrogens with zero attached hydrogens (tertiary/aromatic N) is 1. The van der Waals surface area contributed by atoms with Gasteiger partial charge in [-0.05, 0) is 18.9 Å². The lowest BCUT2D eigenvalue weighted by atomic mass is 9.99. The molecule has 148 valence electrons. The number of carboxylic acid groups (broad SMARTS) is 1. The highest BCUT2D eigenvalue weighted by Crippen LogP contribution is 2.40. The molecule has 0 bridgehead atoms. The molecule has 27 heavy (non-hydrogen) atoms. The van der Waals surface area contributed by atoms with E-state index in [1.807, 2.05) is 0 Å². The van der Waals surface area contributed by atoms with Gasteiger partial charge in [-0.3, -0.25) is 14.9 Å². The Kier molecular flexibility index (Phi) is 7.21. The molecule has 0 fully saturated rings. The van der Waals surface area contributed by atoms with E-state index in [1.165, 1.54) is 12.1 Å². The number of nitro benzene ring substituents is 1. The zero-order valence-corrected chi connectivity index (χ0v) is 14.9. The minimum atomic E-state index is -0.839. The van der Waals surface area contributed by atoms with Crippen LogP contribution in [0.25, 0.3) is 0 Å². The molecule has 0 saturated carbocycles. The molecule has 0 spiro atoms. The number of carbonyl (C=O) groups excluding carboxylic acids is 1. The summed E-state index contributed by atoms with van der Waals surface area (Å²) in [6.45, 7) is 2.06. The number of alkyl carbamates (subject to hydrolysis) is 1. The van der Waals surface area contributed by atoms with Gasteiger partial charge in [-0.1, -0.05) is 13.3 Å². The SMILES string of the molecule is CC(COC(=O)NCCCCCC(=O)O)c1cc2c(cc1[N+](=O)[O-])OCO2. The molecule has 1 aromatic rings. The molecule has 1 heterocycles. The summed E-state index contributed by atoms with van der Waals surface area (Å²) in [7, 11) is 0. The van der Waals surface area contributed by atoms with Crippen LogP contribution >= 0.6 is 0 Å². The van der Waals surface area contributed by atoms with Crippen LogP contribution < -0.4 is 14.8 Å². The summed E-state index contributed by atoms with van der Waals surface area (Å²) in [6, 6.07) is 2.85. The van der Waals surface area contributed by atoms with Crippen LogP contribution in [-0.4, -0.2) is 42.0 Å². The molecule has 1 aromatic carbocycles. The monoisotopic (exact) mass is 382 g/mol. The van der Waals surface area contributed by atoms with Gasteiger partial charge >= 0.3 is 12.1 Å². The van der Waals surface area contributed by atoms with Gasteiger partial charge in [0, 0.05) is 24.4 Å². The van der Waals surface area contributed by atoms with Crippen LogP contribution in [0.5, 0.6) is 11.5 Å². The number of amides is 1. The Bertz CT molecular complexity index is 706. The van der Waals surface area contributed by atoms with Gasteiger partial charge in [0.1, 0.15) is 6.61 Å². The van der Waals surface area contributed by atoms with Crippen LogP contribution in [-0.2, 0) is 9.53 Å². The zero-order valence-electron chi connectivity index (χ0n) is 14.9. The third kappa shape index (κ3) is 6.01. The van der Waals surface area contributed by atoms with Crippen molar-refractivity contribution in [3.8, 4) is 11.5 Å². The van der Waals surface area contributed by atoms with E-state index in [9.17, 15) is 19.7 Å². The fraction of sp³-hybridized carbons (Fsp3) is 0.529. The molecule has 2 N–H and O–H groups in total. The number of nitrogens with one attached hydrogen (secondary N) is 1. The van der Waals surface area contributed by atoms with Gasteiger partial charge in [0.05, 0.1) is 11.0 Å². The van der Waals surface area contributed by atoms with E-state index in [-0.39, 0.29) is 25.5 Å². The lowest BCUT2D eigenvalue weighted by Crippen LogP contribution is -2.26. The first-order valence-corrected chi connectivity index (χ1v) is 8.59. The summed E-state index contributed by atoms with van der Waals surface area (Å²) in [6.07, 6.45) is 1.37. The fourth-order valence-corrected chi connectivity index (χ4v) is 2.61. The van der Waals surface area contributed by atoms with Crippen LogP contribution in [0.2, 0.25) is 0 Å². The number of carbonyl (C=O) groups is 2. The third-order valence-electron chi connectivity index (χ3n) is 4.05. The molecule has 1 amide bonds. The van der Waals surface area contributed by atoms with E-state index in [0.717, 1.165) is 0 Å². The number of nitro groups is 1. The summed E-state index contributed by atoms with van der Waals surface area (Å²) >= 11 is 0. The number of aliphatic carboxylic acids is 1. The predicted octanol–water partition coefficient (Wildman–Crippen LogP) is 2.80. The second-order valence-corrected chi connectivity index (χ2v) is 6.15. The molecule has 1 unspecified atom stereocenters. The number of carboxylic acids is 1. The molecule has 1 atom stereocenters. The Morgan fingerprint density at radius 3 is 2.67 bits per heavy atom. The lowest BCUT2D eigenvalue weighted by Gasteiger charge is -2.14. The van der Waals surface area contributed by atoms with Crippen LogP contribution in [0.3, 0.4) is 0 Å². The second kappa shape index (κ2) is 9.60. The number of fused-ring (bicyclic) bond motifs is 1. The molecule has 1 aliphatic rings. The summed E-state index contributed by atoms with van der Waals surface area (Å²) in [5.41, 5.74) is 0.278. The molecular formula is C17H22N2O8. The van der Waals surface area contributed by atoms with E-state index >= 15 is 0 Å². The fourth-order valence-electron chi connectivity index (χ4n) is 2.61. The van der Waals surface area contributed by atoms with Crippen LogP contribution in [0, 0.1) is 10.1 Å². The molecule has 0 aromatic heterocycles. The van der Waals surface area contributed by atoms with E-state index in [1.54, 1.807) is 6.92 Å². The number of hydrogen-bond acceptors (Lipinski definition) is 7. The molecule has 0 radical (unpaired) electrons. The first-order chi connectivity index (χ1) is 12.9. The Hall–Kier alpha value is -3.04. The van der Waals surface area contributed by atoms with Crippen molar-refractivity contribution >= 4 is 17.7 Å². The van der Waals surface area contributed by atoms with Crippen LogP contribution in [0.4, 0.5) is 10.5 Å². The number of rotatable bonds is 10. The van der Waals surface area contributed by atoms with E-state index in [0.29, 0.717) is 42.9 Å². The molecule has 2 rings (SSSR count). The second-order valence-electron chi connectivity index (χ2n) is 6.15. The highest BCUT2D eigenvalue weighted by atomic mass is 16.7. The van der Waals surface area contributed by atoms with Gasteiger partial charge in [-0.2, -0.15) is 0 Å². The van der Waals surface area contributed by atoms with Crippen LogP contribution in [0.15, 0.2) is 12.1 Å². The summed E-state index contributed by atoms with van der Waals surface area (Å²) in [4.78, 5) is 32.9. The first kappa shape index (κ1) is 20.3. The maximum Gasteiger partial charge on any atom is 0.407 e. The largest absolute Gasteiger partial charge is 0.481 e. The van der Waals surface area contributed by atoms with Crippen molar-refractivity contribution in [3.05, 3.63) is 27.8 Å². The average Bonchev–Trinajstić information content (AvgIpc) is 3.08. The van der Waals surface area contributed by atoms with Crippen molar-refractivity contribution < 1.29 is 33.8 Å². The van der Waals surface area contributed by atoms with Gasteiger partial charge in [-0.25, -0.2) is 4.79 Å². The predicted molar refractivity (Wildman–Crippen MR) is 93.1 cm³/mol. The van der Waals surface area contributed by atoms with Crippen molar-refractivity contribution in [1.29, 1.82) is 0 Å². The molecule has 0 saturated heterocycles. The Labute approximate surface area is 155 Å². The molecule has 10 nitrogen and oxygen atoms in total. The highest BCUT2D eigenvalue weighted by Gasteiger charge is 2.26. The lowest BCUT2D eigenvalue weighted by molar-refractivity contribution is -0.385. The van der Waals surface area contributed by atoms with Crippen molar-refractivity contribution in [2.24, 2.45) is 0 Å². The zero-order chi connectivity index (χ0) is 19.8. The van der Waals surface area contributed by atoms with Crippen molar-refractivity contribution in [3.63, 3.8) is 0 Å².